The molecular weight excluding hydrogens is 616 g/mol. The van der Waals surface area contributed by atoms with E-state index in [0.717, 1.165) is 79.1 Å². The lowest BCUT2D eigenvalue weighted by atomic mass is 10.0. The van der Waals surface area contributed by atoms with E-state index in [4.69, 9.17) is 18.3 Å². The van der Waals surface area contributed by atoms with Gasteiger partial charge in [0, 0.05) is 17.6 Å². The maximum atomic E-state index is 12.0. The lowest BCUT2D eigenvalue weighted by molar-refractivity contribution is -0.143. The summed E-state index contributed by atoms with van der Waals surface area (Å²) in [7, 11) is 2.84. The standard InChI is InChI=1S/C18H24N2O3.C14H15BrN2O3/c1-12(2)10-13-7-8-14-16(11-13)23-18(19-14)20-9-5-4-6-15(20)17(21)22-3;1-19-13(18)11-4-2-3-7-17(11)14-16-10-6-5-9(15)8-12(10)20-14/h7-8,11-12,15H,4-6,9-10H2,1-3H3;5-6,8,11H,2-4,7H2,1H3/t15-;11-/m00/s1. The average molecular weight is 656 g/mol. The van der Waals surface area contributed by atoms with E-state index in [0.29, 0.717) is 23.5 Å². The summed E-state index contributed by atoms with van der Waals surface area (Å²) in [5, 5.41) is 0. The SMILES string of the molecule is COC(=O)[C@@H]1CCCCN1c1nc2ccc(Br)cc2o1.COC(=O)[C@@H]1CCCCN1c1nc2ccc(CC(C)C)cc2o1. The van der Waals surface area contributed by atoms with Gasteiger partial charge in [-0.1, -0.05) is 35.8 Å². The third-order valence-electron chi connectivity index (χ3n) is 7.87. The zero-order valence-corrected chi connectivity index (χ0v) is 26.8. The van der Waals surface area contributed by atoms with Gasteiger partial charge in [0.05, 0.1) is 14.2 Å². The Kier molecular flexibility index (Phi) is 9.90. The highest BCUT2D eigenvalue weighted by Gasteiger charge is 2.33. The fourth-order valence-corrected chi connectivity index (χ4v) is 6.11. The minimum Gasteiger partial charge on any atom is -0.467 e. The molecule has 0 bridgehead atoms. The van der Waals surface area contributed by atoms with Crippen LogP contribution in [0.15, 0.2) is 49.7 Å². The van der Waals surface area contributed by atoms with Crippen LogP contribution in [0, 0.1) is 5.92 Å². The molecule has 4 aromatic rings. The average Bonchev–Trinajstić information content (AvgIpc) is 3.64. The number of carbonyl (C=O) groups is 2. The van der Waals surface area contributed by atoms with Crippen LogP contribution in [0.25, 0.3) is 22.2 Å². The molecule has 0 N–H and O–H groups in total. The van der Waals surface area contributed by atoms with Gasteiger partial charge in [0.1, 0.15) is 23.1 Å². The first-order chi connectivity index (χ1) is 20.8. The van der Waals surface area contributed by atoms with Gasteiger partial charge in [0.2, 0.25) is 0 Å². The van der Waals surface area contributed by atoms with Crippen LogP contribution in [0.1, 0.15) is 57.9 Å². The Bertz CT molecular complexity index is 1570. The maximum Gasteiger partial charge on any atom is 0.328 e. The zero-order valence-electron chi connectivity index (χ0n) is 25.2. The zero-order chi connectivity index (χ0) is 30.5. The molecule has 2 fully saturated rings. The van der Waals surface area contributed by atoms with Gasteiger partial charge < -0.3 is 28.1 Å². The third kappa shape index (κ3) is 7.14. The highest BCUT2D eigenvalue weighted by Crippen LogP contribution is 2.31. The summed E-state index contributed by atoms with van der Waals surface area (Å²) in [4.78, 5) is 36.8. The molecule has 0 amide bonds. The number of hydrogen-bond acceptors (Lipinski definition) is 10. The number of aromatic nitrogens is 2. The Morgan fingerprint density at radius 3 is 1.86 bits per heavy atom. The Hall–Kier alpha value is -3.60. The minimum absolute atomic E-state index is 0.215. The normalized spacial score (nSPS) is 18.9. The predicted molar refractivity (Wildman–Crippen MR) is 168 cm³/mol. The van der Waals surface area contributed by atoms with Crippen molar-refractivity contribution in [1.82, 2.24) is 9.97 Å². The molecule has 0 aliphatic carbocycles. The molecule has 0 radical (unpaired) electrons. The Labute approximate surface area is 259 Å². The van der Waals surface area contributed by atoms with Gasteiger partial charge in [-0.15, -0.1) is 0 Å². The molecule has 0 saturated carbocycles. The molecule has 10 nitrogen and oxygen atoms in total. The number of ether oxygens (including phenoxy) is 2. The fraction of sp³-hybridized carbons (Fsp3) is 0.500. The van der Waals surface area contributed by atoms with Crippen molar-refractivity contribution in [3.63, 3.8) is 0 Å². The molecule has 11 heteroatoms. The smallest absolute Gasteiger partial charge is 0.328 e. The van der Waals surface area contributed by atoms with Crippen LogP contribution in [0.5, 0.6) is 0 Å². The number of piperidine rings is 2. The van der Waals surface area contributed by atoms with Gasteiger partial charge in [-0.05, 0) is 86.8 Å². The lowest BCUT2D eigenvalue weighted by Gasteiger charge is -2.32. The van der Waals surface area contributed by atoms with Gasteiger partial charge in [0.15, 0.2) is 11.2 Å². The Morgan fingerprint density at radius 1 is 0.837 bits per heavy atom. The van der Waals surface area contributed by atoms with Gasteiger partial charge in [-0.2, -0.15) is 9.97 Å². The first-order valence-corrected chi connectivity index (χ1v) is 15.7. The summed E-state index contributed by atoms with van der Waals surface area (Å²) in [6, 6.07) is 12.3. The second-order valence-corrected chi connectivity index (χ2v) is 12.4. The second-order valence-electron chi connectivity index (χ2n) is 11.5. The van der Waals surface area contributed by atoms with Crippen LogP contribution < -0.4 is 9.80 Å². The number of fused-ring (bicyclic) bond motifs is 2. The quantitative estimate of drug-likeness (QED) is 0.209. The van der Waals surface area contributed by atoms with Crippen molar-refractivity contribution in [2.45, 2.75) is 70.9 Å². The van der Waals surface area contributed by atoms with Gasteiger partial charge in [-0.3, -0.25) is 0 Å². The Balaban J connectivity index is 0.000000173. The van der Waals surface area contributed by atoms with E-state index in [2.05, 4.69) is 51.9 Å². The van der Waals surface area contributed by atoms with E-state index >= 15 is 0 Å². The molecular formula is C32H39BrN4O6. The summed E-state index contributed by atoms with van der Waals surface area (Å²) in [5.74, 6) is 0.154. The number of methoxy groups -OCH3 is 2. The van der Waals surface area contributed by atoms with Crippen LogP contribution in [0.2, 0.25) is 0 Å². The van der Waals surface area contributed by atoms with Gasteiger partial charge >= 0.3 is 11.9 Å². The molecule has 2 atom stereocenters. The van der Waals surface area contributed by atoms with Crippen molar-refractivity contribution in [1.29, 1.82) is 0 Å². The van der Waals surface area contributed by atoms with E-state index in [1.54, 1.807) is 0 Å². The number of halogens is 1. The Morgan fingerprint density at radius 2 is 1.35 bits per heavy atom. The van der Waals surface area contributed by atoms with Gasteiger partial charge in [0.25, 0.3) is 12.0 Å². The van der Waals surface area contributed by atoms with Gasteiger partial charge in [-0.25, -0.2) is 9.59 Å². The molecule has 2 aromatic carbocycles. The summed E-state index contributed by atoms with van der Waals surface area (Å²) in [5.41, 5.74) is 4.37. The third-order valence-corrected chi connectivity index (χ3v) is 8.36. The molecule has 2 saturated heterocycles. The molecule has 4 heterocycles. The summed E-state index contributed by atoms with van der Waals surface area (Å²) in [6.45, 7) is 5.93. The van der Waals surface area contributed by atoms with Crippen molar-refractivity contribution in [3.05, 3.63) is 46.4 Å². The first-order valence-electron chi connectivity index (χ1n) is 14.9. The highest BCUT2D eigenvalue weighted by atomic mass is 79.9. The van der Waals surface area contributed by atoms with Crippen molar-refractivity contribution in [2.24, 2.45) is 5.92 Å². The van der Waals surface area contributed by atoms with E-state index in [1.165, 1.54) is 19.8 Å². The molecule has 2 aliphatic rings. The number of hydrogen-bond donors (Lipinski definition) is 0. The van der Waals surface area contributed by atoms with Crippen molar-refractivity contribution >= 4 is 62.1 Å². The number of rotatable bonds is 6. The molecule has 2 aromatic heterocycles. The molecule has 230 valence electrons. The van der Waals surface area contributed by atoms with Crippen LogP contribution in [0.4, 0.5) is 12.0 Å². The van der Waals surface area contributed by atoms with E-state index in [9.17, 15) is 9.59 Å². The van der Waals surface area contributed by atoms with Crippen molar-refractivity contribution < 1.29 is 27.9 Å². The second kappa shape index (κ2) is 13.8. The highest BCUT2D eigenvalue weighted by molar-refractivity contribution is 9.10. The number of esters is 2. The lowest BCUT2D eigenvalue weighted by Crippen LogP contribution is -2.45. The minimum atomic E-state index is -0.301. The number of benzene rings is 2. The molecule has 43 heavy (non-hydrogen) atoms. The van der Waals surface area contributed by atoms with Crippen LogP contribution in [-0.4, -0.2) is 61.3 Å². The number of carbonyl (C=O) groups excluding carboxylic acids is 2. The summed E-state index contributed by atoms with van der Waals surface area (Å²) >= 11 is 3.41. The number of anilines is 2. The van der Waals surface area contributed by atoms with E-state index < -0.39 is 0 Å². The number of nitrogens with zero attached hydrogens (tertiary/aromatic N) is 4. The summed E-state index contributed by atoms with van der Waals surface area (Å²) in [6.07, 6.45) is 6.66. The molecule has 0 spiro atoms. The monoisotopic (exact) mass is 654 g/mol. The van der Waals surface area contributed by atoms with Crippen LogP contribution in [-0.2, 0) is 25.5 Å². The fourth-order valence-electron chi connectivity index (χ4n) is 5.77. The predicted octanol–water partition coefficient (Wildman–Crippen LogP) is 6.68. The van der Waals surface area contributed by atoms with Crippen LogP contribution >= 0.6 is 15.9 Å². The van der Waals surface area contributed by atoms with E-state index in [-0.39, 0.29) is 24.0 Å². The first kappa shape index (κ1) is 30.8. The molecule has 0 unspecified atom stereocenters. The molecule has 2 aliphatic heterocycles. The largest absolute Gasteiger partial charge is 0.467 e. The topological polar surface area (TPSA) is 111 Å². The number of oxazole rings is 2. The molecule has 6 rings (SSSR count). The van der Waals surface area contributed by atoms with E-state index in [1.807, 2.05) is 34.1 Å². The van der Waals surface area contributed by atoms with Crippen molar-refractivity contribution in [3.8, 4) is 0 Å². The maximum absolute atomic E-state index is 12.0. The summed E-state index contributed by atoms with van der Waals surface area (Å²) < 4.78 is 22.5. The van der Waals surface area contributed by atoms with Crippen LogP contribution in [0.3, 0.4) is 0 Å². The van der Waals surface area contributed by atoms with Crippen molar-refractivity contribution in [2.75, 3.05) is 37.1 Å².